The minimum atomic E-state index is -4.68. The van der Waals surface area contributed by atoms with Gasteiger partial charge in [0.15, 0.2) is 6.17 Å². The number of furan rings is 1. The van der Waals surface area contributed by atoms with Crippen LogP contribution in [0.25, 0.3) is 32.0 Å². The third-order valence-electron chi connectivity index (χ3n) is 10.1. The van der Waals surface area contributed by atoms with E-state index in [-0.39, 0.29) is 40.6 Å². The number of para-hydroxylation sites is 1. The molecule has 322 valence electrons. The quantitative estimate of drug-likeness (QED) is 0.0542. The van der Waals surface area contributed by atoms with E-state index in [1.165, 1.54) is 37.3 Å². The smallest absolute Gasteiger partial charge is 0.408 e. The number of ether oxygens (including phenoxy) is 4. The summed E-state index contributed by atoms with van der Waals surface area (Å²) in [5, 5.41) is 1.70. The molecule has 0 amide bonds. The fourth-order valence-corrected chi connectivity index (χ4v) is 8.32. The number of alkyl halides is 4. The summed E-state index contributed by atoms with van der Waals surface area (Å²) >= 11 is 8.07. The summed E-state index contributed by atoms with van der Waals surface area (Å²) in [6.45, 7) is 6.44. The summed E-state index contributed by atoms with van der Waals surface area (Å²) in [5.41, 5.74) is 0.771. The normalized spacial score (nSPS) is 15.1. The molecule has 4 radical (unpaired) electrons. The fourth-order valence-electron chi connectivity index (χ4n) is 6.99. The maximum atomic E-state index is 17.1. The van der Waals surface area contributed by atoms with Crippen LogP contribution in [-0.2, 0) is 21.5 Å². The first kappa shape index (κ1) is 44.9. The lowest BCUT2D eigenvalue weighted by Gasteiger charge is -2.32. The van der Waals surface area contributed by atoms with Crippen molar-refractivity contribution in [1.29, 1.82) is 0 Å². The summed E-state index contributed by atoms with van der Waals surface area (Å²) in [6.07, 6.45) is -6.94. The highest BCUT2D eigenvalue weighted by Crippen LogP contribution is 2.50. The van der Waals surface area contributed by atoms with Gasteiger partial charge in [-0.1, -0.05) is 35.9 Å². The van der Waals surface area contributed by atoms with Crippen LogP contribution in [0.1, 0.15) is 29.9 Å². The molecule has 0 aliphatic carbocycles. The highest BCUT2D eigenvalue weighted by Gasteiger charge is 2.39. The number of carbonyl (C=O) groups is 1. The maximum Gasteiger partial charge on any atom is 0.408 e. The molecule has 1 saturated heterocycles. The molecular weight excluding hydrogens is 857 g/mol. The van der Waals surface area contributed by atoms with E-state index in [4.69, 9.17) is 50.7 Å². The molecule has 5 heterocycles. The standard InChI is InChI=1S/C41H38B2ClF5N6O6S/c1-4-57-39(56)35(34(46)25-7-5-6-8-26(25)61-41(42,43)29-13-14-52-55(29)21-40(47,48)49)60-37-32-31(36(28-11-12-30(45)59-28)62-38(32)51-22-50-37)24-9-10-27(33(44)23(24)2)58-20-19-54-17-15-53(3)16-18-54/h5-14,22,34-35H,4,15-21H2,1-3H3/t34-,35+/m1/s1. The van der Waals surface area contributed by atoms with E-state index in [0.717, 1.165) is 62.2 Å². The van der Waals surface area contributed by atoms with Crippen molar-refractivity contribution in [1.82, 2.24) is 29.5 Å². The van der Waals surface area contributed by atoms with Crippen molar-refractivity contribution in [3.05, 3.63) is 95.0 Å². The molecule has 21 heteroatoms. The van der Waals surface area contributed by atoms with Crippen LogP contribution < -0.4 is 14.2 Å². The number of nitrogens with zero attached hydrogens (tertiary/aromatic N) is 6. The fraction of sp³-hybridized carbons (Fsp3) is 0.366. The van der Waals surface area contributed by atoms with Crippen LogP contribution in [0, 0.1) is 12.9 Å². The number of aromatic nitrogens is 4. The van der Waals surface area contributed by atoms with Gasteiger partial charge in [-0.15, -0.1) is 11.3 Å². The molecule has 1 fully saturated rings. The molecule has 7 rings (SSSR count). The van der Waals surface area contributed by atoms with Gasteiger partial charge in [0.1, 0.15) is 57.3 Å². The number of rotatable bonds is 16. The summed E-state index contributed by atoms with van der Waals surface area (Å²) in [5.74, 6) is -1.16. The number of benzene rings is 2. The van der Waals surface area contributed by atoms with E-state index in [9.17, 15) is 22.4 Å². The molecule has 1 aliphatic rings. The van der Waals surface area contributed by atoms with Crippen LogP contribution in [0.2, 0.25) is 5.02 Å². The van der Waals surface area contributed by atoms with Gasteiger partial charge in [0.25, 0.3) is 6.01 Å². The predicted molar refractivity (Wildman–Crippen MR) is 223 cm³/mol. The Morgan fingerprint density at radius 1 is 1.03 bits per heavy atom. The highest BCUT2D eigenvalue weighted by atomic mass is 35.5. The van der Waals surface area contributed by atoms with Crippen molar-refractivity contribution in [2.75, 3.05) is 53.0 Å². The van der Waals surface area contributed by atoms with Gasteiger partial charge in [-0.25, -0.2) is 19.2 Å². The molecule has 0 N–H and O–H groups in total. The first-order valence-electron chi connectivity index (χ1n) is 19.3. The number of esters is 1. The molecule has 62 heavy (non-hydrogen) atoms. The van der Waals surface area contributed by atoms with Gasteiger partial charge >= 0.3 is 12.1 Å². The summed E-state index contributed by atoms with van der Waals surface area (Å²) < 4.78 is 101. The van der Waals surface area contributed by atoms with Crippen molar-refractivity contribution in [3.63, 3.8) is 0 Å². The molecule has 12 nitrogen and oxygen atoms in total. The zero-order chi connectivity index (χ0) is 44.3. The zero-order valence-corrected chi connectivity index (χ0v) is 35.2. The minimum absolute atomic E-state index is 0.134. The lowest BCUT2D eigenvalue weighted by molar-refractivity contribution is -0.155. The minimum Gasteiger partial charge on any atom is -0.501 e. The molecule has 0 spiro atoms. The zero-order valence-electron chi connectivity index (χ0n) is 33.6. The van der Waals surface area contributed by atoms with Crippen LogP contribution in [0.3, 0.4) is 0 Å². The van der Waals surface area contributed by atoms with Crippen LogP contribution in [-0.4, -0.2) is 116 Å². The Bertz CT molecular complexity index is 2530. The van der Waals surface area contributed by atoms with Gasteiger partial charge in [0.2, 0.25) is 12.0 Å². The lowest BCUT2D eigenvalue weighted by atomic mass is 9.63. The van der Waals surface area contributed by atoms with Gasteiger partial charge in [-0.05, 0) is 56.3 Å². The number of carbonyl (C=O) groups excluding carboxylic acids is 1. The average molecular weight is 895 g/mol. The number of hydrogen-bond donors (Lipinski definition) is 0. The van der Waals surface area contributed by atoms with Crippen LogP contribution >= 0.6 is 22.9 Å². The Labute approximate surface area is 364 Å². The highest BCUT2D eigenvalue weighted by molar-refractivity contribution is 7.22. The van der Waals surface area contributed by atoms with E-state index < -0.39 is 42.4 Å². The average Bonchev–Trinajstić information content (AvgIpc) is 3.98. The number of thiophene rings is 1. The summed E-state index contributed by atoms with van der Waals surface area (Å²) in [7, 11) is 14.5. The third kappa shape index (κ3) is 9.88. The molecule has 0 saturated carbocycles. The second-order valence-electron chi connectivity index (χ2n) is 14.4. The first-order valence-corrected chi connectivity index (χ1v) is 20.5. The predicted octanol–water partition coefficient (Wildman–Crippen LogP) is 7.65. The Kier molecular flexibility index (Phi) is 13.5. The monoisotopic (exact) mass is 894 g/mol. The van der Waals surface area contributed by atoms with E-state index in [1.54, 1.807) is 19.1 Å². The van der Waals surface area contributed by atoms with Crippen molar-refractivity contribution >= 4 is 54.8 Å². The van der Waals surface area contributed by atoms with E-state index in [1.807, 2.05) is 0 Å². The van der Waals surface area contributed by atoms with Crippen molar-refractivity contribution < 1.29 is 50.1 Å². The lowest BCUT2D eigenvalue weighted by Crippen LogP contribution is -2.45. The Morgan fingerprint density at radius 2 is 1.79 bits per heavy atom. The molecular formula is C41H38B2ClF5N6O6S. The second-order valence-corrected chi connectivity index (χ2v) is 15.8. The largest absolute Gasteiger partial charge is 0.501 e. The van der Waals surface area contributed by atoms with Crippen molar-refractivity contribution in [2.24, 2.45) is 0 Å². The molecule has 0 bridgehead atoms. The van der Waals surface area contributed by atoms with E-state index in [2.05, 4.69) is 31.9 Å². The van der Waals surface area contributed by atoms with Gasteiger partial charge in [0.05, 0.1) is 33.0 Å². The molecule has 6 aromatic rings. The Morgan fingerprint density at radius 3 is 2.50 bits per heavy atom. The number of piperazine rings is 1. The second kappa shape index (κ2) is 18.7. The van der Waals surface area contributed by atoms with Crippen LogP contribution in [0.15, 0.2) is 71.5 Å². The molecule has 4 aromatic heterocycles. The van der Waals surface area contributed by atoms with Gasteiger partial charge in [-0.2, -0.15) is 22.7 Å². The SMILES string of the molecule is [B]C([B])(Oc1ccccc1[C@@H](F)[C@H](Oc1ncnc2sc(-c3ccc(F)o3)c(-c3ccc(OCCN4CCN(C)CC4)c(Cl)c3C)c12)C(=O)OCC)c1ccnn1CC(F)(F)F. The van der Waals surface area contributed by atoms with Crippen LogP contribution in [0.5, 0.6) is 17.4 Å². The summed E-state index contributed by atoms with van der Waals surface area (Å²) in [6, 6.07) is 11.7. The number of halogens is 6. The van der Waals surface area contributed by atoms with Gasteiger partial charge < -0.3 is 28.3 Å². The number of fused-ring (bicyclic) bond motifs is 1. The van der Waals surface area contributed by atoms with Crippen LogP contribution in [0.4, 0.5) is 22.0 Å². The van der Waals surface area contributed by atoms with E-state index >= 15 is 4.39 Å². The molecule has 1 aliphatic heterocycles. The molecule has 2 atom stereocenters. The van der Waals surface area contributed by atoms with Gasteiger partial charge in [-0.3, -0.25) is 9.58 Å². The van der Waals surface area contributed by atoms with Crippen molar-refractivity contribution in [2.45, 2.75) is 44.2 Å². The molecule has 0 unspecified atom stereocenters. The topological polar surface area (TPSA) is 117 Å². The third-order valence-corrected chi connectivity index (χ3v) is 11.7. The molecule has 2 aromatic carbocycles. The maximum absolute atomic E-state index is 17.1. The Balaban J connectivity index is 1.25. The number of likely N-dealkylation sites (N-methyl/N-ethyl adjacent to an activating group) is 1. The van der Waals surface area contributed by atoms with Crippen molar-refractivity contribution in [3.8, 4) is 39.1 Å². The first-order chi connectivity index (χ1) is 29.5. The van der Waals surface area contributed by atoms with E-state index in [0.29, 0.717) is 55.0 Å². The number of hydrogen-bond acceptors (Lipinski definition) is 12. The Hall–Kier alpha value is -5.17. The summed E-state index contributed by atoms with van der Waals surface area (Å²) in [4.78, 5) is 27.7. The van der Waals surface area contributed by atoms with Gasteiger partial charge in [0, 0.05) is 56.1 Å².